The number of amides is 1. The van der Waals surface area contributed by atoms with Gasteiger partial charge in [-0.05, 0) is 62.8 Å². The molecule has 32 heavy (non-hydrogen) atoms. The number of rotatable bonds is 7. The number of hydrogen-bond acceptors (Lipinski definition) is 4. The molecule has 0 saturated carbocycles. The largest absolute Gasteiger partial charge is 0.337 e. The molecule has 4 rings (SSSR count). The topological polar surface area (TPSA) is 51.0 Å². The monoisotopic (exact) mass is 448 g/mol. The van der Waals surface area contributed by atoms with Crippen molar-refractivity contribution in [1.29, 1.82) is 0 Å². The van der Waals surface area contributed by atoms with Crippen LogP contribution in [0.25, 0.3) is 5.69 Å². The molecule has 0 aliphatic carbocycles. The third-order valence-electron chi connectivity index (χ3n) is 6.31. The van der Waals surface area contributed by atoms with Gasteiger partial charge in [0.25, 0.3) is 0 Å². The van der Waals surface area contributed by atoms with E-state index in [0.717, 1.165) is 35.9 Å². The first kappa shape index (κ1) is 22.6. The number of nitrogens with zero attached hydrogens (tertiary/aromatic N) is 4. The van der Waals surface area contributed by atoms with Crippen LogP contribution in [0.4, 0.5) is 0 Å². The van der Waals surface area contributed by atoms with E-state index in [9.17, 15) is 4.79 Å². The number of benzene rings is 2. The minimum atomic E-state index is 0.190. The average Bonchev–Trinajstić information content (AvgIpc) is 3.20. The van der Waals surface area contributed by atoms with Crippen LogP contribution in [0, 0.1) is 0 Å². The number of thioether (sulfide) groups is 1. The van der Waals surface area contributed by atoms with Crippen molar-refractivity contribution in [3.05, 3.63) is 71.5 Å². The molecule has 1 aliphatic rings. The Kier molecular flexibility index (Phi) is 7.30. The van der Waals surface area contributed by atoms with Crippen molar-refractivity contribution in [2.45, 2.75) is 70.1 Å². The van der Waals surface area contributed by atoms with E-state index in [2.05, 4.69) is 76.8 Å². The lowest BCUT2D eigenvalue weighted by Crippen LogP contribution is -2.48. The van der Waals surface area contributed by atoms with Gasteiger partial charge in [-0.1, -0.05) is 61.2 Å². The summed E-state index contributed by atoms with van der Waals surface area (Å²) in [4.78, 5) is 15.1. The van der Waals surface area contributed by atoms with Crippen LogP contribution in [0.1, 0.15) is 57.0 Å². The number of piperidine rings is 1. The fraction of sp³-hybridized carbons (Fsp3) is 0.423. The van der Waals surface area contributed by atoms with Gasteiger partial charge in [0.15, 0.2) is 5.16 Å². The summed E-state index contributed by atoms with van der Waals surface area (Å²) >= 11 is 1.49. The lowest BCUT2D eigenvalue weighted by Gasteiger charge is -2.39. The Labute approximate surface area is 195 Å². The summed E-state index contributed by atoms with van der Waals surface area (Å²) in [5.41, 5.74) is 3.52. The molecule has 1 saturated heterocycles. The second kappa shape index (κ2) is 10.3. The molecule has 1 aromatic heterocycles. The number of carbonyl (C=O) groups excluding carboxylic acids is 1. The molecule has 5 nitrogen and oxygen atoms in total. The lowest BCUT2D eigenvalue weighted by atomic mass is 9.98. The first-order valence-electron chi connectivity index (χ1n) is 11.6. The van der Waals surface area contributed by atoms with Gasteiger partial charge in [0.2, 0.25) is 5.91 Å². The summed E-state index contributed by atoms with van der Waals surface area (Å²) in [7, 11) is 0. The van der Waals surface area contributed by atoms with E-state index in [-0.39, 0.29) is 5.91 Å². The zero-order chi connectivity index (χ0) is 22.5. The zero-order valence-electron chi connectivity index (χ0n) is 19.2. The average molecular weight is 449 g/mol. The number of carbonyl (C=O) groups is 1. The molecule has 0 bridgehead atoms. The summed E-state index contributed by atoms with van der Waals surface area (Å²) in [6, 6.07) is 19.5. The molecular formula is C26H32N4OS. The highest BCUT2D eigenvalue weighted by Gasteiger charge is 2.29. The Morgan fingerprint density at radius 3 is 2.31 bits per heavy atom. The first-order chi connectivity index (χ1) is 15.6. The third-order valence-corrected chi connectivity index (χ3v) is 7.23. The van der Waals surface area contributed by atoms with E-state index in [4.69, 9.17) is 0 Å². The molecule has 2 heterocycles. The van der Waals surface area contributed by atoms with E-state index in [1.54, 1.807) is 0 Å². The van der Waals surface area contributed by atoms with Crippen LogP contribution in [0.15, 0.2) is 59.8 Å². The predicted octanol–water partition coefficient (Wildman–Crippen LogP) is 5.30. The molecular weight excluding hydrogens is 416 g/mol. The van der Waals surface area contributed by atoms with Crippen molar-refractivity contribution in [3.8, 4) is 5.69 Å². The van der Waals surface area contributed by atoms with Gasteiger partial charge in [-0.2, -0.15) is 0 Å². The van der Waals surface area contributed by atoms with E-state index < -0.39 is 0 Å². The van der Waals surface area contributed by atoms with Gasteiger partial charge in [0.1, 0.15) is 5.82 Å². The Bertz CT molecular complexity index is 1020. The number of aromatic nitrogens is 3. The van der Waals surface area contributed by atoms with Crippen molar-refractivity contribution >= 4 is 17.7 Å². The second-order valence-electron chi connectivity index (χ2n) is 8.64. The van der Waals surface area contributed by atoms with E-state index in [1.807, 2.05) is 18.2 Å². The number of likely N-dealkylation sites (tertiary alicyclic amines) is 1. The Morgan fingerprint density at radius 2 is 1.66 bits per heavy atom. The van der Waals surface area contributed by atoms with Gasteiger partial charge in [0, 0.05) is 24.2 Å². The minimum absolute atomic E-state index is 0.190. The van der Waals surface area contributed by atoms with Gasteiger partial charge >= 0.3 is 0 Å². The lowest BCUT2D eigenvalue weighted by molar-refractivity contribution is -0.134. The van der Waals surface area contributed by atoms with E-state index in [1.165, 1.54) is 29.3 Å². The number of hydrogen-bond donors (Lipinski definition) is 0. The highest BCUT2D eigenvalue weighted by atomic mass is 32.2. The van der Waals surface area contributed by atoms with Crippen LogP contribution >= 0.6 is 11.8 Å². The molecule has 1 aliphatic heterocycles. The van der Waals surface area contributed by atoms with Gasteiger partial charge in [-0.3, -0.25) is 9.36 Å². The molecule has 1 fully saturated rings. The quantitative estimate of drug-likeness (QED) is 0.460. The Balaban J connectivity index is 1.58. The molecule has 0 spiro atoms. The van der Waals surface area contributed by atoms with Crippen LogP contribution in [0.5, 0.6) is 0 Å². The zero-order valence-corrected chi connectivity index (χ0v) is 20.0. The van der Waals surface area contributed by atoms with Crippen LogP contribution < -0.4 is 0 Å². The van der Waals surface area contributed by atoms with Crippen LogP contribution in [-0.4, -0.2) is 43.4 Å². The molecule has 2 aromatic carbocycles. The van der Waals surface area contributed by atoms with Crippen molar-refractivity contribution in [2.24, 2.45) is 0 Å². The third kappa shape index (κ3) is 5.07. The highest BCUT2D eigenvalue weighted by molar-refractivity contribution is 7.99. The van der Waals surface area contributed by atoms with Gasteiger partial charge in [-0.15, -0.1) is 10.2 Å². The second-order valence-corrected chi connectivity index (χ2v) is 9.58. The Hall–Kier alpha value is -2.60. The molecule has 2 atom stereocenters. The molecule has 0 radical (unpaired) electrons. The van der Waals surface area contributed by atoms with Crippen molar-refractivity contribution in [2.75, 3.05) is 5.75 Å². The fourth-order valence-electron chi connectivity index (χ4n) is 4.54. The van der Waals surface area contributed by atoms with Gasteiger partial charge < -0.3 is 4.90 Å². The molecule has 168 valence electrons. The molecule has 3 aromatic rings. The van der Waals surface area contributed by atoms with Crippen LogP contribution in [0.2, 0.25) is 0 Å². The van der Waals surface area contributed by atoms with Crippen molar-refractivity contribution in [3.63, 3.8) is 0 Å². The van der Waals surface area contributed by atoms with E-state index >= 15 is 0 Å². The molecule has 0 unspecified atom stereocenters. The van der Waals surface area contributed by atoms with Gasteiger partial charge in [0.05, 0.1) is 5.75 Å². The fourth-order valence-corrected chi connectivity index (χ4v) is 5.38. The summed E-state index contributed by atoms with van der Waals surface area (Å²) in [5, 5.41) is 9.78. The molecule has 1 amide bonds. The summed E-state index contributed by atoms with van der Waals surface area (Å²) in [6.45, 7) is 6.48. The normalized spacial score (nSPS) is 18.7. The number of aryl methyl sites for hydroxylation is 1. The van der Waals surface area contributed by atoms with Crippen molar-refractivity contribution < 1.29 is 4.79 Å². The first-order valence-corrected chi connectivity index (χ1v) is 12.6. The highest BCUT2D eigenvalue weighted by Crippen LogP contribution is 2.27. The summed E-state index contributed by atoms with van der Waals surface area (Å²) < 4.78 is 2.10. The smallest absolute Gasteiger partial charge is 0.233 e. The minimum Gasteiger partial charge on any atom is -0.337 e. The molecule has 0 N–H and O–H groups in total. The standard InChI is InChI=1S/C26H32N4OS/c1-4-21-13-15-23(16-14-21)30-24(17-22-11-6-5-7-12-22)27-28-26(30)32-18-25(31)29-19(2)9-8-10-20(29)3/h5-7,11-16,19-20H,4,8-10,17-18H2,1-3H3/t19-,20+. The maximum absolute atomic E-state index is 13.1. The SMILES string of the molecule is CCc1ccc(-n2c(Cc3ccccc3)nnc2SCC(=O)N2[C@H](C)CCC[C@@H]2C)cc1. The molecule has 6 heteroatoms. The van der Waals surface area contributed by atoms with Crippen molar-refractivity contribution in [1.82, 2.24) is 19.7 Å². The van der Waals surface area contributed by atoms with Crippen LogP contribution in [-0.2, 0) is 17.6 Å². The maximum Gasteiger partial charge on any atom is 0.233 e. The summed E-state index contributed by atoms with van der Waals surface area (Å²) in [5.74, 6) is 1.45. The summed E-state index contributed by atoms with van der Waals surface area (Å²) in [6.07, 6.45) is 5.06. The maximum atomic E-state index is 13.1. The Morgan fingerprint density at radius 1 is 0.969 bits per heavy atom. The van der Waals surface area contributed by atoms with E-state index in [0.29, 0.717) is 24.3 Å². The van der Waals surface area contributed by atoms with Gasteiger partial charge in [-0.25, -0.2) is 0 Å². The predicted molar refractivity (Wildman–Crippen MR) is 130 cm³/mol. The van der Waals surface area contributed by atoms with Crippen LogP contribution in [0.3, 0.4) is 0 Å².